The van der Waals surface area contributed by atoms with Crippen LogP contribution in [0.3, 0.4) is 0 Å². The highest BCUT2D eigenvalue weighted by Crippen LogP contribution is 2.27. The van der Waals surface area contributed by atoms with Crippen molar-refractivity contribution in [2.24, 2.45) is 0 Å². The summed E-state index contributed by atoms with van der Waals surface area (Å²) < 4.78 is 2.04. The second-order valence-electron chi connectivity index (χ2n) is 4.16. The van der Waals surface area contributed by atoms with Crippen molar-refractivity contribution in [3.05, 3.63) is 54.4 Å². The second kappa shape index (κ2) is 3.63. The fourth-order valence-corrected chi connectivity index (χ4v) is 2.08. The third kappa shape index (κ3) is 1.56. The topological polar surface area (TPSA) is 43.3 Å². The zero-order valence-electron chi connectivity index (χ0n) is 9.59. The Balaban J connectivity index is 2.30. The van der Waals surface area contributed by atoms with E-state index >= 15 is 0 Å². The van der Waals surface area contributed by atoms with Gasteiger partial charge in [-0.3, -0.25) is 4.40 Å². The summed E-state index contributed by atoms with van der Waals surface area (Å²) in [5, 5.41) is 0. The molecule has 84 valence electrons. The summed E-state index contributed by atoms with van der Waals surface area (Å²) in [7, 11) is 0. The largest absolute Gasteiger partial charge is 0.398 e. The van der Waals surface area contributed by atoms with Gasteiger partial charge in [-0.15, -0.1) is 0 Å². The molecule has 0 radical (unpaired) electrons. The van der Waals surface area contributed by atoms with Crippen LogP contribution in [0.1, 0.15) is 5.56 Å². The maximum Gasteiger partial charge on any atom is 0.137 e. The smallest absolute Gasteiger partial charge is 0.137 e. The monoisotopic (exact) mass is 223 g/mol. The van der Waals surface area contributed by atoms with Crippen molar-refractivity contribution >= 4 is 11.3 Å². The molecular formula is C14H13N3. The Labute approximate surface area is 99.5 Å². The lowest BCUT2D eigenvalue weighted by molar-refractivity contribution is 1.19. The molecule has 3 heteroatoms. The number of nitrogens with two attached hydrogens (primary N) is 1. The van der Waals surface area contributed by atoms with E-state index in [1.807, 2.05) is 35.7 Å². The van der Waals surface area contributed by atoms with Crippen LogP contribution in [0, 0.1) is 6.92 Å². The van der Waals surface area contributed by atoms with E-state index in [1.54, 1.807) is 6.20 Å². The van der Waals surface area contributed by atoms with E-state index in [1.165, 1.54) is 5.56 Å². The van der Waals surface area contributed by atoms with Crippen LogP contribution in [-0.4, -0.2) is 9.38 Å². The molecule has 0 aliphatic rings. The van der Waals surface area contributed by atoms with E-state index in [4.69, 9.17) is 5.73 Å². The van der Waals surface area contributed by atoms with Gasteiger partial charge in [0.15, 0.2) is 0 Å². The van der Waals surface area contributed by atoms with E-state index in [0.29, 0.717) is 0 Å². The summed E-state index contributed by atoms with van der Waals surface area (Å²) in [4.78, 5) is 4.27. The molecule has 2 N–H and O–H groups in total. The summed E-state index contributed by atoms with van der Waals surface area (Å²) in [5.74, 6) is 0. The predicted octanol–water partition coefficient (Wildman–Crippen LogP) is 2.89. The standard InChI is InChI=1S/C14H13N3/c1-10-5-6-11(12(15)9-10)13-3-2-4-14-16-7-8-17(13)14/h2-9H,15H2,1H3. The number of nitrogen functional groups attached to an aromatic ring is 1. The van der Waals surface area contributed by atoms with Crippen molar-refractivity contribution < 1.29 is 0 Å². The van der Waals surface area contributed by atoms with E-state index in [-0.39, 0.29) is 0 Å². The lowest BCUT2D eigenvalue weighted by Crippen LogP contribution is -1.95. The third-order valence-electron chi connectivity index (χ3n) is 2.91. The maximum absolute atomic E-state index is 6.08. The molecular weight excluding hydrogens is 210 g/mol. The molecule has 2 aromatic heterocycles. The molecule has 0 unspecified atom stereocenters. The van der Waals surface area contributed by atoms with Crippen molar-refractivity contribution in [1.82, 2.24) is 9.38 Å². The molecule has 0 fully saturated rings. The normalized spacial score (nSPS) is 10.9. The van der Waals surface area contributed by atoms with Crippen LogP contribution in [0.15, 0.2) is 48.8 Å². The van der Waals surface area contributed by atoms with Crippen LogP contribution in [0.25, 0.3) is 16.9 Å². The van der Waals surface area contributed by atoms with Crippen molar-refractivity contribution in [2.45, 2.75) is 6.92 Å². The fourth-order valence-electron chi connectivity index (χ4n) is 2.08. The van der Waals surface area contributed by atoms with Gasteiger partial charge in [-0.2, -0.15) is 0 Å². The summed E-state index contributed by atoms with van der Waals surface area (Å²) in [6.07, 6.45) is 3.74. The Morgan fingerprint density at radius 2 is 2.06 bits per heavy atom. The van der Waals surface area contributed by atoms with Gasteiger partial charge in [0, 0.05) is 23.6 Å². The molecule has 3 aromatic rings. The number of hydrogen-bond acceptors (Lipinski definition) is 2. The Bertz CT molecular complexity index is 683. The van der Waals surface area contributed by atoms with E-state index in [9.17, 15) is 0 Å². The molecule has 3 nitrogen and oxygen atoms in total. The first-order chi connectivity index (χ1) is 8.25. The molecule has 0 aliphatic heterocycles. The summed E-state index contributed by atoms with van der Waals surface area (Å²) in [5.41, 5.74) is 11.1. The Morgan fingerprint density at radius 1 is 1.18 bits per heavy atom. The van der Waals surface area contributed by atoms with Crippen molar-refractivity contribution in [2.75, 3.05) is 5.73 Å². The molecule has 0 amide bonds. The molecule has 0 saturated carbocycles. The predicted molar refractivity (Wildman–Crippen MR) is 69.8 cm³/mol. The summed E-state index contributed by atoms with van der Waals surface area (Å²) >= 11 is 0. The van der Waals surface area contributed by atoms with Gasteiger partial charge in [0.05, 0.1) is 5.69 Å². The summed E-state index contributed by atoms with van der Waals surface area (Å²) in [6, 6.07) is 12.1. The lowest BCUT2D eigenvalue weighted by atomic mass is 10.1. The number of anilines is 1. The average molecular weight is 223 g/mol. The molecule has 1 aromatic carbocycles. The highest BCUT2D eigenvalue weighted by Gasteiger charge is 2.06. The highest BCUT2D eigenvalue weighted by atomic mass is 15.0. The van der Waals surface area contributed by atoms with Crippen LogP contribution in [-0.2, 0) is 0 Å². The van der Waals surface area contributed by atoms with Gasteiger partial charge in [0.25, 0.3) is 0 Å². The maximum atomic E-state index is 6.08. The van der Waals surface area contributed by atoms with Crippen molar-refractivity contribution in [3.63, 3.8) is 0 Å². The third-order valence-corrected chi connectivity index (χ3v) is 2.91. The van der Waals surface area contributed by atoms with E-state index in [0.717, 1.165) is 22.6 Å². The quantitative estimate of drug-likeness (QED) is 0.644. The van der Waals surface area contributed by atoms with Crippen LogP contribution in [0.2, 0.25) is 0 Å². The number of imidazole rings is 1. The first kappa shape index (κ1) is 9.90. The van der Waals surface area contributed by atoms with Crippen molar-refractivity contribution in [1.29, 1.82) is 0 Å². The highest BCUT2D eigenvalue weighted by molar-refractivity contribution is 5.76. The Kier molecular flexibility index (Phi) is 2.11. The van der Waals surface area contributed by atoms with Gasteiger partial charge in [-0.05, 0) is 30.7 Å². The first-order valence-electron chi connectivity index (χ1n) is 5.54. The number of benzene rings is 1. The lowest BCUT2D eigenvalue weighted by Gasteiger charge is -2.09. The van der Waals surface area contributed by atoms with Gasteiger partial charge in [0.2, 0.25) is 0 Å². The number of hydrogen-bond donors (Lipinski definition) is 1. The first-order valence-corrected chi connectivity index (χ1v) is 5.54. The van der Waals surface area contributed by atoms with Crippen molar-refractivity contribution in [3.8, 4) is 11.3 Å². The molecule has 0 spiro atoms. The van der Waals surface area contributed by atoms with Gasteiger partial charge < -0.3 is 5.73 Å². The molecule has 0 saturated heterocycles. The SMILES string of the molecule is Cc1ccc(-c2cccc3nccn23)c(N)c1. The van der Waals surface area contributed by atoms with Crippen LogP contribution >= 0.6 is 0 Å². The number of pyridine rings is 1. The molecule has 0 bridgehead atoms. The second-order valence-corrected chi connectivity index (χ2v) is 4.16. The zero-order valence-corrected chi connectivity index (χ0v) is 9.59. The molecule has 17 heavy (non-hydrogen) atoms. The van der Waals surface area contributed by atoms with E-state index in [2.05, 4.69) is 23.2 Å². The number of rotatable bonds is 1. The minimum atomic E-state index is 0.797. The molecule has 0 aliphatic carbocycles. The molecule has 2 heterocycles. The van der Waals surface area contributed by atoms with Gasteiger partial charge in [-0.1, -0.05) is 18.2 Å². The van der Waals surface area contributed by atoms with Crippen LogP contribution in [0.5, 0.6) is 0 Å². The minimum absolute atomic E-state index is 0.797. The summed E-state index contributed by atoms with van der Waals surface area (Å²) in [6.45, 7) is 2.04. The van der Waals surface area contributed by atoms with Gasteiger partial charge in [-0.25, -0.2) is 4.98 Å². The van der Waals surface area contributed by atoms with Gasteiger partial charge in [0.1, 0.15) is 5.65 Å². The Morgan fingerprint density at radius 3 is 2.88 bits per heavy atom. The average Bonchev–Trinajstić information content (AvgIpc) is 2.77. The Hall–Kier alpha value is -2.29. The number of aromatic nitrogens is 2. The number of fused-ring (bicyclic) bond motifs is 1. The minimum Gasteiger partial charge on any atom is -0.398 e. The fraction of sp³-hybridized carbons (Fsp3) is 0.0714. The molecule has 3 rings (SSSR count). The number of nitrogens with zero attached hydrogens (tertiary/aromatic N) is 2. The van der Waals surface area contributed by atoms with Crippen LogP contribution < -0.4 is 5.73 Å². The number of aryl methyl sites for hydroxylation is 1. The molecule has 0 atom stereocenters. The van der Waals surface area contributed by atoms with Gasteiger partial charge >= 0.3 is 0 Å². The van der Waals surface area contributed by atoms with Crippen LogP contribution in [0.4, 0.5) is 5.69 Å². The van der Waals surface area contributed by atoms with E-state index < -0.39 is 0 Å². The zero-order chi connectivity index (χ0) is 11.8.